The molecule has 57 heavy (non-hydrogen) atoms. The van der Waals surface area contributed by atoms with Crippen molar-refractivity contribution in [2.24, 2.45) is 23.7 Å². The maximum Gasteiger partial charge on any atom is 0.0468 e. The van der Waals surface area contributed by atoms with Gasteiger partial charge in [0.15, 0.2) is 0 Å². The van der Waals surface area contributed by atoms with Crippen molar-refractivity contribution in [3.8, 4) is 44.5 Å². The van der Waals surface area contributed by atoms with Crippen molar-refractivity contribution in [3.05, 3.63) is 199 Å². The summed E-state index contributed by atoms with van der Waals surface area (Å²) in [5, 5.41) is 2.55. The monoisotopic (exact) mass is 731 g/mol. The lowest BCUT2D eigenvalue weighted by molar-refractivity contribution is -0.0399. The fourth-order valence-corrected chi connectivity index (χ4v) is 12.3. The van der Waals surface area contributed by atoms with E-state index in [1.807, 2.05) is 0 Å². The van der Waals surface area contributed by atoms with Gasteiger partial charge in [-0.25, -0.2) is 0 Å². The van der Waals surface area contributed by atoms with E-state index in [1.54, 1.807) is 11.1 Å². The predicted octanol–water partition coefficient (Wildman–Crippen LogP) is 15.0. The van der Waals surface area contributed by atoms with Gasteiger partial charge in [-0.15, -0.1) is 0 Å². The first-order valence-electron chi connectivity index (χ1n) is 21.1. The zero-order valence-corrected chi connectivity index (χ0v) is 32.2. The van der Waals surface area contributed by atoms with Crippen LogP contribution in [0, 0.1) is 23.7 Å². The highest BCUT2D eigenvalue weighted by atomic mass is 15.1. The fraction of sp³-hybridized carbons (Fsp3) is 0.179. The first kappa shape index (κ1) is 33.0. The van der Waals surface area contributed by atoms with Crippen LogP contribution in [0.25, 0.3) is 55.3 Å². The second-order valence-electron chi connectivity index (χ2n) is 17.3. The summed E-state index contributed by atoms with van der Waals surface area (Å²) in [6.45, 7) is 0. The molecule has 5 aliphatic carbocycles. The molecule has 0 aliphatic heterocycles. The molecule has 13 rings (SSSR count). The molecular weight excluding hydrogens is 687 g/mol. The molecule has 1 heteroatoms. The van der Waals surface area contributed by atoms with Crippen LogP contribution in [0.4, 0.5) is 17.1 Å². The number of hydrogen-bond donors (Lipinski definition) is 0. The standard InChI is InChI=1S/C56H45N/c1-2-9-39(10-3-1)40-17-19-41(20-18-40)42-21-25-47(26-22-42)57(48-27-23-44(24-28-48)51-15-8-12-43-11-4-5-13-50(43)51)49-29-30-55-53(36-49)52-14-6-7-16-54(52)56(55)45-32-37-31-38(34-45)35-46(56)33-37/h1-30,36-38,45-46H,31-35H2. The lowest BCUT2D eigenvalue weighted by Crippen LogP contribution is -2.55. The zero-order valence-electron chi connectivity index (χ0n) is 32.2. The molecule has 0 heterocycles. The van der Waals surface area contributed by atoms with E-state index in [1.165, 1.54) is 93.1 Å². The smallest absolute Gasteiger partial charge is 0.0468 e. The Morgan fingerprint density at radius 1 is 0.351 bits per heavy atom. The normalized spacial score (nSPS) is 22.5. The van der Waals surface area contributed by atoms with Crippen molar-refractivity contribution < 1.29 is 0 Å². The molecule has 8 aromatic carbocycles. The molecule has 4 fully saturated rings. The fourth-order valence-electron chi connectivity index (χ4n) is 12.3. The van der Waals surface area contributed by atoms with Gasteiger partial charge < -0.3 is 4.90 Å². The van der Waals surface area contributed by atoms with Crippen molar-refractivity contribution in [2.75, 3.05) is 4.90 Å². The summed E-state index contributed by atoms with van der Waals surface area (Å²) >= 11 is 0. The van der Waals surface area contributed by atoms with Gasteiger partial charge in [0, 0.05) is 22.5 Å². The van der Waals surface area contributed by atoms with Crippen LogP contribution in [0.5, 0.6) is 0 Å². The third-order valence-corrected chi connectivity index (χ3v) is 14.5. The van der Waals surface area contributed by atoms with Crippen LogP contribution in [0.1, 0.15) is 43.2 Å². The number of hydrogen-bond acceptors (Lipinski definition) is 1. The van der Waals surface area contributed by atoms with E-state index in [9.17, 15) is 0 Å². The predicted molar refractivity (Wildman–Crippen MR) is 238 cm³/mol. The van der Waals surface area contributed by atoms with E-state index in [0.717, 1.165) is 35.0 Å². The van der Waals surface area contributed by atoms with Gasteiger partial charge in [-0.05, 0) is 159 Å². The van der Waals surface area contributed by atoms with Crippen molar-refractivity contribution >= 4 is 27.8 Å². The SMILES string of the molecule is c1ccc(-c2ccc(-c3ccc(N(c4ccc(-c5cccc6ccccc56)cc4)c4ccc5c(c4)-c4ccccc4C54C5CC6CC(C5)CC4C6)cc3)cc2)cc1. The molecule has 5 aliphatic rings. The Hall–Kier alpha value is -6.18. The van der Waals surface area contributed by atoms with Gasteiger partial charge >= 0.3 is 0 Å². The summed E-state index contributed by atoms with van der Waals surface area (Å²) in [7, 11) is 0. The van der Waals surface area contributed by atoms with Crippen molar-refractivity contribution in [1.82, 2.24) is 0 Å². The molecule has 0 radical (unpaired) electrons. The summed E-state index contributed by atoms with van der Waals surface area (Å²) in [6, 6.07) is 70.3. The van der Waals surface area contributed by atoms with Crippen LogP contribution in [0.3, 0.4) is 0 Å². The third-order valence-electron chi connectivity index (χ3n) is 14.5. The third kappa shape index (κ3) is 5.14. The second-order valence-corrected chi connectivity index (χ2v) is 17.3. The molecular formula is C56H45N. The van der Waals surface area contributed by atoms with Gasteiger partial charge in [-0.1, -0.05) is 152 Å². The maximum absolute atomic E-state index is 2.55. The molecule has 4 saturated carbocycles. The average Bonchev–Trinajstić information content (AvgIpc) is 3.56. The maximum atomic E-state index is 2.55. The highest BCUT2D eigenvalue weighted by Gasteiger charge is 2.61. The summed E-state index contributed by atoms with van der Waals surface area (Å²) in [6.07, 6.45) is 7.08. The molecule has 0 amide bonds. The van der Waals surface area contributed by atoms with Gasteiger partial charge in [0.1, 0.15) is 0 Å². The molecule has 274 valence electrons. The topological polar surface area (TPSA) is 3.24 Å². The van der Waals surface area contributed by atoms with E-state index >= 15 is 0 Å². The van der Waals surface area contributed by atoms with E-state index in [0.29, 0.717) is 0 Å². The molecule has 8 aromatic rings. The largest absolute Gasteiger partial charge is 0.310 e. The number of fused-ring (bicyclic) bond motifs is 4. The van der Waals surface area contributed by atoms with E-state index < -0.39 is 0 Å². The van der Waals surface area contributed by atoms with Crippen molar-refractivity contribution in [2.45, 2.75) is 37.5 Å². The van der Waals surface area contributed by atoms with Gasteiger partial charge in [0.25, 0.3) is 0 Å². The lowest BCUT2D eigenvalue weighted by atomic mass is 9.43. The minimum absolute atomic E-state index is 0.167. The molecule has 1 nitrogen and oxygen atoms in total. The summed E-state index contributed by atoms with van der Waals surface area (Å²) in [5.74, 6) is 3.39. The van der Waals surface area contributed by atoms with E-state index in [2.05, 4.69) is 193 Å². The Labute approximate surface area is 336 Å². The van der Waals surface area contributed by atoms with Crippen LogP contribution in [0.2, 0.25) is 0 Å². The van der Waals surface area contributed by atoms with Crippen molar-refractivity contribution in [1.29, 1.82) is 0 Å². The first-order valence-corrected chi connectivity index (χ1v) is 21.1. The molecule has 4 bridgehead atoms. The van der Waals surface area contributed by atoms with E-state index in [-0.39, 0.29) is 5.41 Å². The Bertz CT molecular complexity index is 2740. The number of anilines is 3. The lowest BCUT2D eigenvalue weighted by Gasteiger charge is -2.61. The average molecular weight is 732 g/mol. The minimum Gasteiger partial charge on any atom is -0.310 e. The van der Waals surface area contributed by atoms with Crippen molar-refractivity contribution in [3.63, 3.8) is 0 Å². The Morgan fingerprint density at radius 2 is 0.842 bits per heavy atom. The highest BCUT2D eigenvalue weighted by Crippen LogP contribution is 2.69. The molecule has 1 spiro atoms. The molecule has 0 unspecified atom stereocenters. The van der Waals surface area contributed by atoms with E-state index in [4.69, 9.17) is 0 Å². The molecule has 0 N–H and O–H groups in total. The minimum atomic E-state index is 0.167. The number of nitrogens with zero attached hydrogens (tertiary/aromatic N) is 1. The summed E-state index contributed by atoms with van der Waals surface area (Å²) in [4.78, 5) is 2.47. The van der Waals surface area contributed by atoms with Gasteiger partial charge in [-0.3, -0.25) is 0 Å². The van der Waals surface area contributed by atoms with Crippen LogP contribution in [0.15, 0.2) is 188 Å². The Morgan fingerprint density at radius 3 is 1.53 bits per heavy atom. The number of rotatable bonds is 6. The molecule has 0 atom stereocenters. The van der Waals surface area contributed by atoms with Crippen LogP contribution in [-0.2, 0) is 5.41 Å². The summed E-state index contributed by atoms with van der Waals surface area (Å²) in [5.41, 5.74) is 17.2. The van der Waals surface area contributed by atoms with Crippen LogP contribution >= 0.6 is 0 Å². The van der Waals surface area contributed by atoms with Gasteiger partial charge in [0.05, 0.1) is 0 Å². The van der Waals surface area contributed by atoms with Gasteiger partial charge in [0.2, 0.25) is 0 Å². The molecule has 0 aromatic heterocycles. The summed E-state index contributed by atoms with van der Waals surface area (Å²) < 4.78 is 0. The second kappa shape index (κ2) is 12.9. The Kier molecular flexibility index (Phi) is 7.49. The van der Waals surface area contributed by atoms with Crippen LogP contribution in [-0.4, -0.2) is 0 Å². The zero-order chi connectivity index (χ0) is 37.5. The highest BCUT2D eigenvalue weighted by molar-refractivity contribution is 5.97. The quantitative estimate of drug-likeness (QED) is 0.165. The number of benzene rings is 8. The van der Waals surface area contributed by atoms with Crippen LogP contribution < -0.4 is 4.90 Å². The van der Waals surface area contributed by atoms with Gasteiger partial charge in [-0.2, -0.15) is 0 Å². The first-order chi connectivity index (χ1) is 28.2. The Balaban J connectivity index is 0.963. The molecule has 0 saturated heterocycles.